The van der Waals surface area contributed by atoms with E-state index in [9.17, 15) is 4.79 Å². The van der Waals surface area contributed by atoms with Crippen LogP contribution in [0.1, 0.15) is 34.6 Å². The van der Waals surface area contributed by atoms with Crippen LogP contribution in [0, 0.1) is 6.92 Å². The minimum Gasteiger partial charge on any atom is -0.345 e. The van der Waals surface area contributed by atoms with E-state index in [1.807, 2.05) is 48.7 Å². The van der Waals surface area contributed by atoms with Crippen LogP contribution < -0.4 is 5.32 Å². The molecule has 154 valence electrons. The molecule has 4 aromatic heterocycles. The largest absolute Gasteiger partial charge is 0.345 e. The van der Waals surface area contributed by atoms with Gasteiger partial charge in [-0.2, -0.15) is 5.10 Å². The van der Waals surface area contributed by atoms with Gasteiger partial charge in [0.2, 0.25) is 0 Å². The van der Waals surface area contributed by atoms with Crippen molar-refractivity contribution in [3.63, 3.8) is 0 Å². The molecule has 0 saturated carbocycles. The van der Waals surface area contributed by atoms with Gasteiger partial charge < -0.3 is 9.84 Å². The number of amides is 1. The summed E-state index contributed by atoms with van der Waals surface area (Å²) in [5.41, 5.74) is 4.06. The highest BCUT2D eigenvalue weighted by molar-refractivity contribution is 7.13. The molecule has 0 radical (unpaired) electrons. The van der Waals surface area contributed by atoms with E-state index >= 15 is 0 Å². The molecule has 0 aliphatic rings. The van der Waals surface area contributed by atoms with Crippen LogP contribution in [0.4, 0.5) is 0 Å². The van der Waals surface area contributed by atoms with E-state index in [0.717, 1.165) is 16.1 Å². The predicted octanol–water partition coefficient (Wildman–Crippen LogP) is 4.33. The van der Waals surface area contributed by atoms with Gasteiger partial charge in [0.15, 0.2) is 0 Å². The van der Waals surface area contributed by atoms with Crippen LogP contribution in [0.5, 0.6) is 0 Å². The number of carbonyl (C=O) groups excluding carboxylic acids is 1. The van der Waals surface area contributed by atoms with Crippen molar-refractivity contribution in [1.29, 1.82) is 0 Å². The number of nitrogens with one attached hydrogen (secondary N) is 1. The maximum atomic E-state index is 13.2. The number of thiophene rings is 1. The minimum absolute atomic E-state index is 0.203. The molecule has 1 aromatic carbocycles. The van der Waals surface area contributed by atoms with Crippen molar-refractivity contribution < 1.29 is 9.32 Å². The van der Waals surface area contributed by atoms with Gasteiger partial charge in [0.05, 0.1) is 38.9 Å². The molecule has 8 nitrogen and oxygen atoms in total. The van der Waals surface area contributed by atoms with Gasteiger partial charge >= 0.3 is 0 Å². The number of fused-ring (bicyclic) bond motifs is 1. The van der Waals surface area contributed by atoms with Gasteiger partial charge in [-0.15, -0.1) is 11.3 Å². The maximum absolute atomic E-state index is 13.2. The smallest absolute Gasteiger partial charge is 0.259 e. The molecule has 1 atom stereocenters. The molecule has 0 fully saturated rings. The summed E-state index contributed by atoms with van der Waals surface area (Å²) >= 11 is 1.55. The molecule has 0 aliphatic carbocycles. The second kappa shape index (κ2) is 7.77. The van der Waals surface area contributed by atoms with Crippen LogP contribution in [0.2, 0.25) is 0 Å². The Balaban J connectivity index is 1.44. The van der Waals surface area contributed by atoms with Crippen LogP contribution >= 0.6 is 11.3 Å². The van der Waals surface area contributed by atoms with Crippen molar-refractivity contribution in [1.82, 2.24) is 30.2 Å². The number of aromatic nitrogens is 5. The lowest BCUT2D eigenvalue weighted by Crippen LogP contribution is -2.27. The van der Waals surface area contributed by atoms with Crippen LogP contribution in [-0.2, 0) is 0 Å². The molecule has 5 rings (SSSR count). The van der Waals surface area contributed by atoms with Gasteiger partial charge in [0.25, 0.3) is 11.6 Å². The number of benzene rings is 1. The number of nitrogens with zero attached hydrogens (tertiary/aromatic N) is 5. The van der Waals surface area contributed by atoms with Crippen molar-refractivity contribution in [3.05, 3.63) is 77.3 Å². The lowest BCUT2D eigenvalue weighted by Gasteiger charge is -2.15. The molecule has 1 amide bonds. The van der Waals surface area contributed by atoms with Crippen molar-refractivity contribution in [3.8, 4) is 16.3 Å². The second-order valence-corrected chi connectivity index (χ2v) is 8.05. The first-order valence-corrected chi connectivity index (χ1v) is 10.5. The Morgan fingerprint density at radius 1 is 1.23 bits per heavy atom. The molecule has 0 spiro atoms. The van der Waals surface area contributed by atoms with Crippen LogP contribution in [0.15, 0.2) is 65.0 Å². The lowest BCUT2D eigenvalue weighted by atomic mass is 10.1. The molecule has 5 aromatic rings. The maximum Gasteiger partial charge on any atom is 0.259 e. The number of hydrogen-bond donors (Lipinski definition) is 1. The van der Waals surface area contributed by atoms with E-state index < -0.39 is 0 Å². The van der Waals surface area contributed by atoms with Crippen LogP contribution in [0.3, 0.4) is 0 Å². The fourth-order valence-corrected chi connectivity index (χ4v) is 4.13. The Morgan fingerprint density at radius 3 is 2.77 bits per heavy atom. The van der Waals surface area contributed by atoms with E-state index in [4.69, 9.17) is 4.52 Å². The van der Waals surface area contributed by atoms with Crippen molar-refractivity contribution in [2.24, 2.45) is 0 Å². The first-order chi connectivity index (χ1) is 15.1. The monoisotopic (exact) mass is 430 g/mol. The van der Waals surface area contributed by atoms with E-state index in [0.29, 0.717) is 28.1 Å². The zero-order valence-electron chi connectivity index (χ0n) is 16.8. The van der Waals surface area contributed by atoms with Gasteiger partial charge in [0.1, 0.15) is 12.7 Å². The van der Waals surface area contributed by atoms with E-state index in [1.165, 1.54) is 6.33 Å². The van der Waals surface area contributed by atoms with Gasteiger partial charge in [-0.25, -0.2) is 14.6 Å². The summed E-state index contributed by atoms with van der Waals surface area (Å²) in [7, 11) is 0. The molecule has 0 aliphatic heterocycles. The van der Waals surface area contributed by atoms with Gasteiger partial charge in [0, 0.05) is 0 Å². The third kappa shape index (κ3) is 3.59. The fourth-order valence-electron chi connectivity index (χ4n) is 3.44. The van der Waals surface area contributed by atoms with Gasteiger partial charge in [-0.1, -0.05) is 23.4 Å². The lowest BCUT2D eigenvalue weighted by molar-refractivity contribution is 0.0941. The Labute approximate surface area is 181 Å². The van der Waals surface area contributed by atoms with Crippen LogP contribution in [-0.4, -0.2) is 30.8 Å². The van der Waals surface area contributed by atoms with E-state index in [1.54, 1.807) is 35.3 Å². The number of carbonyl (C=O) groups is 1. The summed E-state index contributed by atoms with van der Waals surface area (Å²) < 4.78 is 7.05. The molecular formula is C22H18N6O2S. The standard InChI is InChI=1S/C22H18N6O2S/c1-13(15-5-7-16(8-6-15)28-12-23-11-24-28)25-21(29)17-10-18(19-4-3-9-31-19)26-22-20(17)14(2)27-30-22/h3-13H,1-2H3,(H,25,29). The van der Waals surface area contributed by atoms with Crippen molar-refractivity contribution in [2.75, 3.05) is 0 Å². The van der Waals surface area contributed by atoms with Crippen molar-refractivity contribution >= 4 is 28.3 Å². The Kier molecular flexibility index (Phi) is 4.79. The average Bonchev–Trinajstić information content (AvgIpc) is 3.56. The number of aryl methyl sites for hydroxylation is 1. The fraction of sp³-hybridized carbons (Fsp3) is 0.136. The Bertz CT molecular complexity index is 1340. The molecule has 1 unspecified atom stereocenters. The molecule has 0 saturated heterocycles. The SMILES string of the molecule is Cc1noc2nc(-c3cccs3)cc(C(=O)NC(C)c3ccc(-n4cncn4)cc3)c12. The first-order valence-electron chi connectivity index (χ1n) is 9.67. The zero-order chi connectivity index (χ0) is 21.4. The molecule has 1 N–H and O–H groups in total. The molecule has 9 heteroatoms. The average molecular weight is 430 g/mol. The number of hydrogen-bond acceptors (Lipinski definition) is 7. The van der Waals surface area contributed by atoms with Gasteiger partial charge in [-0.3, -0.25) is 4.79 Å². The number of rotatable bonds is 5. The summed E-state index contributed by atoms with van der Waals surface area (Å²) in [6, 6.07) is 13.3. The normalized spacial score (nSPS) is 12.2. The topological polar surface area (TPSA) is 98.7 Å². The third-order valence-electron chi connectivity index (χ3n) is 5.06. The Morgan fingerprint density at radius 2 is 2.06 bits per heavy atom. The highest BCUT2D eigenvalue weighted by Gasteiger charge is 2.21. The second-order valence-electron chi connectivity index (χ2n) is 7.11. The van der Waals surface area contributed by atoms with E-state index in [2.05, 4.69) is 25.5 Å². The van der Waals surface area contributed by atoms with E-state index in [-0.39, 0.29) is 11.9 Å². The summed E-state index contributed by atoms with van der Waals surface area (Å²) in [5, 5.41) is 13.8. The van der Waals surface area contributed by atoms with Gasteiger partial charge in [-0.05, 0) is 49.1 Å². The third-order valence-corrected chi connectivity index (χ3v) is 5.95. The Hall–Kier alpha value is -3.85. The molecule has 31 heavy (non-hydrogen) atoms. The minimum atomic E-state index is -0.204. The molecular weight excluding hydrogens is 412 g/mol. The van der Waals surface area contributed by atoms with Crippen molar-refractivity contribution in [2.45, 2.75) is 19.9 Å². The summed E-state index contributed by atoms with van der Waals surface area (Å²) in [6.07, 6.45) is 3.13. The highest BCUT2D eigenvalue weighted by atomic mass is 32.1. The zero-order valence-corrected chi connectivity index (χ0v) is 17.6. The first kappa shape index (κ1) is 19.1. The highest BCUT2D eigenvalue weighted by Crippen LogP contribution is 2.29. The number of pyridine rings is 1. The predicted molar refractivity (Wildman–Crippen MR) is 117 cm³/mol. The molecule has 4 heterocycles. The molecule has 0 bridgehead atoms. The quantitative estimate of drug-likeness (QED) is 0.446. The summed E-state index contributed by atoms with van der Waals surface area (Å²) in [5.74, 6) is -0.204. The summed E-state index contributed by atoms with van der Waals surface area (Å²) in [6.45, 7) is 3.75. The van der Waals surface area contributed by atoms with Crippen LogP contribution in [0.25, 0.3) is 27.4 Å². The summed E-state index contributed by atoms with van der Waals surface area (Å²) in [4.78, 5) is 22.7.